The zero-order valence-electron chi connectivity index (χ0n) is 21.5. The van der Waals surface area contributed by atoms with Crippen LogP contribution in [-0.2, 0) is 14.3 Å². The molecule has 0 radical (unpaired) electrons. The highest BCUT2D eigenvalue weighted by Crippen LogP contribution is 2.35. The van der Waals surface area contributed by atoms with Crippen molar-refractivity contribution in [2.75, 3.05) is 18.9 Å². The standard InChI is InChI=1S/C26H43FN2O6S/c1-13(2)9-15-7-8-34-23-16(10-15)11-28-19(23)25(33)29-18-14(3)5-4-6-17(27)12-36-26-22(32)20(30)21(31)24(18)35-26/h4-5,13-24,26,28,30-32H,6-12H2,1-3H3,(H,29,33)/b5-4-/t14-,15+,16+,17-,18-,19+,20?,21?,22?,23-,24?,26?/m1/s1. The summed E-state index contributed by atoms with van der Waals surface area (Å²) in [4.78, 5) is 13.6. The fourth-order valence-corrected chi connectivity index (χ4v) is 7.27. The minimum absolute atomic E-state index is 0.0945. The van der Waals surface area contributed by atoms with E-state index in [0.29, 0.717) is 25.0 Å². The van der Waals surface area contributed by atoms with Crippen molar-refractivity contribution in [3.05, 3.63) is 12.2 Å². The number of aliphatic hydroxyl groups is 3. The molecule has 0 saturated carbocycles. The Labute approximate surface area is 217 Å². The van der Waals surface area contributed by atoms with Crippen LogP contribution in [0, 0.1) is 23.7 Å². The fraction of sp³-hybridized carbons (Fsp3) is 0.885. The number of carbonyl (C=O) groups is 1. The van der Waals surface area contributed by atoms with Crippen molar-refractivity contribution in [1.29, 1.82) is 0 Å². The van der Waals surface area contributed by atoms with Gasteiger partial charge in [0.2, 0.25) is 5.91 Å². The number of amides is 1. The van der Waals surface area contributed by atoms with E-state index in [-0.39, 0.29) is 36.0 Å². The maximum Gasteiger partial charge on any atom is 0.240 e. The van der Waals surface area contributed by atoms with E-state index in [1.54, 1.807) is 6.08 Å². The number of allylic oxidation sites excluding steroid dienone is 1. The van der Waals surface area contributed by atoms with E-state index in [0.717, 1.165) is 31.0 Å². The van der Waals surface area contributed by atoms with Gasteiger partial charge in [-0.15, -0.1) is 11.8 Å². The lowest BCUT2D eigenvalue weighted by Gasteiger charge is -2.44. The molecule has 0 aliphatic carbocycles. The summed E-state index contributed by atoms with van der Waals surface area (Å²) in [7, 11) is 0. The molecule has 0 spiro atoms. The van der Waals surface area contributed by atoms with Crippen molar-refractivity contribution in [1.82, 2.24) is 10.6 Å². The summed E-state index contributed by atoms with van der Waals surface area (Å²) in [6, 6.07) is -1.22. The van der Waals surface area contributed by atoms with Gasteiger partial charge in [0.05, 0.1) is 12.1 Å². The Balaban J connectivity index is 1.50. The molecule has 12 atom stereocenters. The third kappa shape index (κ3) is 6.45. The molecule has 10 heteroatoms. The predicted octanol–water partition coefficient (Wildman–Crippen LogP) is 1.38. The largest absolute Gasteiger partial charge is 0.388 e. The number of nitrogens with one attached hydrogen (secondary N) is 2. The molecular weight excluding hydrogens is 487 g/mol. The van der Waals surface area contributed by atoms with Crippen LogP contribution < -0.4 is 10.6 Å². The molecule has 4 heterocycles. The Morgan fingerprint density at radius 2 is 2.00 bits per heavy atom. The van der Waals surface area contributed by atoms with Crippen LogP contribution in [0.15, 0.2) is 12.2 Å². The van der Waals surface area contributed by atoms with Crippen molar-refractivity contribution >= 4 is 17.7 Å². The molecule has 3 fully saturated rings. The molecule has 4 rings (SSSR count). The van der Waals surface area contributed by atoms with Crippen molar-refractivity contribution in [3.63, 3.8) is 0 Å². The Bertz CT molecular complexity index is 775. The summed E-state index contributed by atoms with van der Waals surface area (Å²) in [6.07, 6.45) is 0.396. The predicted molar refractivity (Wildman–Crippen MR) is 136 cm³/mol. The Kier molecular flexibility index (Phi) is 9.74. The summed E-state index contributed by atoms with van der Waals surface area (Å²) in [5.74, 6) is 1.01. The van der Waals surface area contributed by atoms with Crippen LogP contribution >= 0.6 is 11.8 Å². The number of fused-ring (bicyclic) bond motifs is 3. The van der Waals surface area contributed by atoms with E-state index in [9.17, 15) is 24.5 Å². The third-order valence-corrected chi connectivity index (χ3v) is 9.33. The fourth-order valence-electron chi connectivity index (χ4n) is 6.17. The zero-order valence-corrected chi connectivity index (χ0v) is 22.3. The summed E-state index contributed by atoms with van der Waals surface area (Å²) in [5.41, 5.74) is -0.909. The van der Waals surface area contributed by atoms with E-state index in [1.807, 2.05) is 13.0 Å². The maximum atomic E-state index is 14.3. The molecule has 1 amide bonds. The van der Waals surface area contributed by atoms with Gasteiger partial charge in [-0.25, -0.2) is 4.39 Å². The van der Waals surface area contributed by atoms with Gasteiger partial charge < -0.3 is 35.4 Å². The number of aliphatic hydroxyl groups excluding tert-OH is 3. The highest BCUT2D eigenvalue weighted by Gasteiger charge is 2.50. The van der Waals surface area contributed by atoms with Gasteiger partial charge in [0.25, 0.3) is 0 Å². The molecular formula is C26H43FN2O6S. The second kappa shape index (κ2) is 12.4. The summed E-state index contributed by atoms with van der Waals surface area (Å²) in [5, 5.41) is 38.2. The van der Waals surface area contributed by atoms with Crippen molar-refractivity contribution in [2.24, 2.45) is 23.7 Å². The van der Waals surface area contributed by atoms with E-state index in [1.165, 1.54) is 0 Å². The Morgan fingerprint density at radius 1 is 1.22 bits per heavy atom. The SMILES string of the molecule is CC(C)C[C@@H]1CCO[C@@H]2[C@H](CN[C@@H]2C(=O)N[C@H]2C3OC(SC[C@H](F)C/C=C\[C@H]2C)C(O)C(O)C3O)C1. The molecule has 206 valence electrons. The van der Waals surface area contributed by atoms with Gasteiger partial charge in [-0.1, -0.05) is 32.9 Å². The average molecular weight is 531 g/mol. The van der Waals surface area contributed by atoms with Crippen molar-refractivity contribution in [2.45, 2.75) is 101 Å². The van der Waals surface area contributed by atoms with Crippen molar-refractivity contribution in [3.8, 4) is 0 Å². The number of hydrogen-bond donors (Lipinski definition) is 5. The van der Waals surface area contributed by atoms with E-state index < -0.39 is 48.1 Å². The summed E-state index contributed by atoms with van der Waals surface area (Å²) in [6.45, 7) is 7.67. The first-order valence-corrected chi connectivity index (χ1v) is 14.5. The van der Waals surface area contributed by atoms with Crippen LogP contribution in [-0.4, -0.2) is 94.3 Å². The normalized spacial score (nSPS) is 46.9. The van der Waals surface area contributed by atoms with Crippen molar-refractivity contribution < 1.29 is 34.0 Å². The number of halogens is 1. The molecule has 3 saturated heterocycles. The Morgan fingerprint density at radius 3 is 2.75 bits per heavy atom. The second-order valence-electron chi connectivity index (χ2n) is 11.4. The molecule has 8 nitrogen and oxygen atoms in total. The lowest BCUT2D eigenvalue weighted by Crippen LogP contribution is -2.65. The van der Waals surface area contributed by atoms with Crippen LogP contribution in [0.5, 0.6) is 0 Å². The van der Waals surface area contributed by atoms with Gasteiger partial charge in [-0.2, -0.15) is 0 Å². The number of thioether (sulfide) groups is 1. The number of hydrogen-bond acceptors (Lipinski definition) is 8. The molecule has 4 aliphatic rings. The van der Waals surface area contributed by atoms with Gasteiger partial charge in [0.1, 0.15) is 42.1 Å². The number of ether oxygens (including phenoxy) is 2. The van der Waals surface area contributed by atoms with Gasteiger partial charge in [-0.05, 0) is 49.4 Å². The molecule has 5 N–H and O–H groups in total. The second-order valence-corrected chi connectivity index (χ2v) is 12.6. The zero-order chi connectivity index (χ0) is 26.0. The smallest absolute Gasteiger partial charge is 0.240 e. The lowest BCUT2D eigenvalue weighted by atomic mass is 9.85. The van der Waals surface area contributed by atoms with Crippen LogP contribution in [0.4, 0.5) is 4.39 Å². The maximum absolute atomic E-state index is 14.3. The minimum Gasteiger partial charge on any atom is -0.388 e. The third-order valence-electron chi connectivity index (χ3n) is 8.06. The van der Waals surface area contributed by atoms with Crippen LogP contribution in [0.2, 0.25) is 0 Å². The highest BCUT2D eigenvalue weighted by atomic mass is 32.2. The molecule has 2 bridgehead atoms. The minimum atomic E-state index is -1.47. The van der Waals surface area contributed by atoms with Crippen LogP contribution in [0.3, 0.4) is 0 Å². The first-order chi connectivity index (χ1) is 17.2. The summed E-state index contributed by atoms with van der Waals surface area (Å²) >= 11 is 1.08. The molecule has 5 unspecified atom stereocenters. The number of rotatable bonds is 4. The topological polar surface area (TPSA) is 120 Å². The van der Waals surface area contributed by atoms with Gasteiger partial charge in [-0.3, -0.25) is 4.79 Å². The van der Waals surface area contributed by atoms with Gasteiger partial charge in [0, 0.05) is 18.9 Å². The quantitative estimate of drug-likeness (QED) is 0.346. The average Bonchev–Trinajstić information content (AvgIpc) is 3.10. The summed E-state index contributed by atoms with van der Waals surface area (Å²) < 4.78 is 26.5. The first-order valence-electron chi connectivity index (χ1n) is 13.4. The lowest BCUT2D eigenvalue weighted by molar-refractivity contribution is -0.207. The number of carbonyl (C=O) groups excluding carboxylic acids is 1. The number of alkyl halides is 1. The highest BCUT2D eigenvalue weighted by molar-refractivity contribution is 7.99. The molecule has 36 heavy (non-hydrogen) atoms. The van der Waals surface area contributed by atoms with E-state index in [4.69, 9.17) is 9.47 Å². The molecule has 0 aromatic rings. The van der Waals surface area contributed by atoms with Gasteiger partial charge in [0.15, 0.2) is 0 Å². The van der Waals surface area contributed by atoms with Crippen LogP contribution in [0.1, 0.15) is 46.5 Å². The van der Waals surface area contributed by atoms with E-state index in [2.05, 4.69) is 24.5 Å². The molecule has 0 aromatic carbocycles. The van der Waals surface area contributed by atoms with Gasteiger partial charge >= 0.3 is 0 Å². The monoisotopic (exact) mass is 530 g/mol. The Hall–Kier alpha value is -0.750. The molecule has 4 aliphatic heterocycles. The first kappa shape index (κ1) is 28.3. The van der Waals surface area contributed by atoms with Crippen LogP contribution in [0.25, 0.3) is 0 Å². The van der Waals surface area contributed by atoms with E-state index >= 15 is 0 Å². The molecule has 0 aromatic heterocycles.